The largest absolute Gasteiger partial charge is 0.385 e. The highest BCUT2D eigenvalue weighted by Gasteiger charge is 2.14. The summed E-state index contributed by atoms with van der Waals surface area (Å²) < 4.78 is 2.78. The highest BCUT2D eigenvalue weighted by molar-refractivity contribution is 9.10. The molecule has 1 heterocycles. The number of halogens is 1. The van der Waals surface area contributed by atoms with E-state index in [2.05, 4.69) is 31.7 Å². The van der Waals surface area contributed by atoms with Crippen LogP contribution in [0.5, 0.6) is 0 Å². The van der Waals surface area contributed by atoms with Crippen LogP contribution in [0.4, 0.5) is 5.69 Å². The van der Waals surface area contributed by atoms with Crippen molar-refractivity contribution in [1.29, 1.82) is 0 Å². The summed E-state index contributed by atoms with van der Waals surface area (Å²) in [5.41, 5.74) is 3.44. The minimum absolute atomic E-state index is 0.0921. The molecule has 0 aliphatic carbocycles. The smallest absolute Gasteiger partial charge is 0.254 e. The highest BCUT2D eigenvalue weighted by Crippen LogP contribution is 2.17. The summed E-state index contributed by atoms with van der Waals surface area (Å²) in [6.45, 7) is 3.32. The molecule has 3 aromatic rings. The van der Waals surface area contributed by atoms with Crippen molar-refractivity contribution in [3.63, 3.8) is 0 Å². The average molecular weight is 413 g/mol. The number of anilines is 1. The molecule has 3 rings (SSSR count). The molecule has 0 unspecified atom stereocenters. The van der Waals surface area contributed by atoms with Crippen LogP contribution >= 0.6 is 15.9 Å². The molecule has 0 aliphatic rings. The zero-order valence-corrected chi connectivity index (χ0v) is 16.2. The van der Waals surface area contributed by atoms with Gasteiger partial charge in [0.15, 0.2) is 0 Å². The maximum absolute atomic E-state index is 12.4. The maximum Gasteiger partial charge on any atom is 0.254 e. The summed E-state index contributed by atoms with van der Waals surface area (Å²) in [6, 6.07) is 17.9. The van der Waals surface area contributed by atoms with Crippen molar-refractivity contribution in [2.75, 3.05) is 18.4 Å². The fourth-order valence-electron chi connectivity index (χ4n) is 2.65. The van der Waals surface area contributed by atoms with Gasteiger partial charge in [-0.2, -0.15) is 5.10 Å². The van der Waals surface area contributed by atoms with E-state index in [9.17, 15) is 4.79 Å². The van der Waals surface area contributed by atoms with E-state index in [4.69, 9.17) is 0 Å². The molecule has 5 nitrogen and oxygen atoms in total. The van der Waals surface area contributed by atoms with Gasteiger partial charge in [0.1, 0.15) is 0 Å². The van der Waals surface area contributed by atoms with E-state index in [1.165, 1.54) is 0 Å². The molecule has 134 valence electrons. The van der Waals surface area contributed by atoms with Gasteiger partial charge in [-0.3, -0.25) is 4.79 Å². The molecule has 0 aliphatic heterocycles. The van der Waals surface area contributed by atoms with Crippen LogP contribution in [-0.4, -0.2) is 28.8 Å². The lowest BCUT2D eigenvalue weighted by molar-refractivity contribution is 0.0953. The van der Waals surface area contributed by atoms with E-state index in [-0.39, 0.29) is 5.91 Å². The molecule has 0 spiro atoms. The monoisotopic (exact) mass is 412 g/mol. The van der Waals surface area contributed by atoms with Gasteiger partial charge in [-0.1, -0.05) is 34.1 Å². The van der Waals surface area contributed by atoms with Gasteiger partial charge in [-0.15, -0.1) is 0 Å². The Morgan fingerprint density at radius 1 is 1.08 bits per heavy atom. The number of rotatable bonds is 7. The molecule has 2 aromatic carbocycles. The number of hydrogen-bond donors (Lipinski definition) is 2. The molecule has 6 heteroatoms. The quantitative estimate of drug-likeness (QED) is 0.572. The number of para-hydroxylation sites is 1. The van der Waals surface area contributed by atoms with Crippen molar-refractivity contribution in [3.05, 3.63) is 76.5 Å². The van der Waals surface area contributed by atoms with E-state index in [0.717, 1.165) is 34.5 Å². The first-order valence-corrected chi connectivity index (χ1v) is 9.32. The van der Waals surface area contributed by atoms with E-state index >= 15 is 0 Å². The first-order chi connectivity index (χ1) is 12.6. The number of amides is 1. The van der Waals surface area contributed by atoms with E-state index in [1.807, 2.05) is 61.5 Å². The standard InChI is InChI=1S/C20H21BrN4O/c1-15-19(14-24-25(15)18-10-8-16(21)9-11-18)20(26)23-13-5-12-22-17-6-3-2-4-7-17/h2-4,6-11,14,22H,5,12-13H2,1H3,(H,23,26). The summed E-state index contributed by atoms with van der Waals surface area (Å²) in [4.78, 5) is 12.4. The van der Waals surface area contributed by atoms with Crippen LogP contribution < -0.4 is 10.6 Å². The Hall–Kier alpha value is -2.60. The third kappa shape index (κ3) is 4.52. The third-order valence-corrected chi connectivity index (χ3v) is 4.60. The molecule has 0 fully saturated rings. The first-order valence-electron chi connectivity index (χ1n) is 8.53. The van der Waals surface area contributed by atoms with E-state index < -0.39 is 0 Å². The van der Waals surface area contributed by atoms with Crippen LogP contribution in [0.15, 0.2) is 65.3 Å². The number of benzene rings is 2. The lowest BCUT2D eigenvalue weighted by Gasteiger charge is -2.08. The predicted molar refractivity (Wildman–Crippen MR) is 108 cm³/mol. The van der Waals surface area contributed by atoms with Gasteiger partial charge in [0.05, 0.1) is 23.1 Å². The van der Waals surface area contributed by atoms with Gasteiger partial charge in [-0.25, -0.2) is 4.68 Å². The number of aromatic nitrogens is 2. The van der Waals surface area contributed by atoms with Gasteiger partial charge in [-0.05, 0) is 49.7 Å². The topological polar surface area (TPSA) is 59.0 Å². The Kier molecular flexibility index (Phi) is 6.07. The molecule has 0 atom stereocenters. The van der Waals surface area contributed by atoms with Crippen molar-refractivity contribution < 1.29 is 4.79 Å². The van der Waals surface area contributed by atoms with Crippen molar-refractivity contribution in [3.8, 4) is 5.69 Å². The molecule has 1 aromatic heterocycles. The van der Waals surface area contributed by atoms with Crippen molar-refractivity contribution >= 4 is 27.5 Å². The van der Waals surface area contributed by atoms with Crippen LogP contribution in [-0.2, 0) is 0 Å². The summed E-state index contributed by atoms with van der Waals surface area (Å²) >= 11 is 3.42. The van der Waals surface area contributed by atoms with Crippen LogP contribution in [0.2, 0.25) is 0 Å². The van der Waals surface area contributed by atoms with Crippen molar-refractivity contribution in [2.45, 2.75) is 13.3 Å². The number of nitrogens with one attached hydrogen (secondary N) is 2. The predicted octanol–water partition coefficient (Wildman–Crippen LogP) is 4.18. The third-order valence-electron chi connectivity index (χ3n) is 4.07. The SMILES string of the molecule is Cc1c(C(=O)NCCCNc2ccccc2)cnn1-c1ccc(Br)cc1. The molecule has 2 N–H and O–H groups in total. The lowest BCUT2D eigenvalue weighted by atomic mass is 10.2. The molecule has 0 saturated carbocycles. The maximum atomic E-state index is 12.4. The molecule has 0 saturated heterocycles. The van der Waals surface area contributed by atoms with Crippen molar-refractivity contribution in [2.24, 2.45) is 0 Å². The first kappa shape index (κ1) is 18.2. The zero-order valence-electron chi connectivity index (χ0n) is 14.6. The minimum atomic E-state index is -0.0921. The average Bonchev–Trinajstić information content (AvgIpc) is 3.04. The number of carbonyl (C=O) groups is 1. The second kappa shape index (κ2) is 8.67. The van der Waals surface area contributed by atoms with Crippen molar-refractivity contribution in [1.82, 2.24) is 15.1 Å². The fraction of sp³-hybridized carbons (Fsp3) is 0.200. The molecule has 26 heavy (non-hydrogen) atoms. The summed E-state index contributed by atoms with van der Waals surface area (Å²) in [5.74, 6) is -0.0921. The number of hydrogen-bond acceptors (Lipinski definition) is 3. The van der Waals surface area contributed by atoms with Gasteiger partial charge in [0, 0.05) is 23.2 Å². The second-order valence-corrected chi connectivity index (χ2v) is 6.85. The molecule has 0 radical (unpaired) electrons. The fourth-order valence-corrected chi connectivity index (χ4v) is 2.91. The van der Waals surface area contributed by atoms with Gasteiger partial charge >= 0.3 is 0 Å². The molecular formula is C20H21BrN4O. The Morgan fingerprint density at radius 2 is 1.81 bits per heavy atom. The molecule has 0 bridgehead atoms. The van der Waals surface area contributed by atoms with E-state index in [1.54, 1.807) is 10.9 Å². The van der Waals surface area contributed by atoms with E-state index in [0.29, 0.717) is 12.1 Å². The summed E-state index contributed by atoms with van der Waals surface area (Å²) in [7, 11) is 0. The summed E-state index contributed by atoms with van der Waals surface area (Å²) in [6.07, 6.45) is 2.47. The normalized spacial score (nSPS) is 10.5. The highest BCUT2D eigenvalue weighted by atomic mass is 79.9. The van der Waals surface area contributed by atoms with Crippen LogP contribution in [0.1, 0.15) is 22.5 Å². The van der Waals surface area contributed by atoms with Crippen LogP contribution in [0, 0.1) is 6.92 Å². The lowest BCUT2D eigenvalue weighted by Crippen LogP contribution is -2.26. The number of carbonyl (C=O) groups excluding carboxylic acids is 1. The summed E-state index contributed by atoms with van der Waals surface area (Å²) in [5, 5.41) is 10.6. The number of nitrogens with zero attached hydrogens (tertiary/aromatic N) is 2. The molecular weight excluding hydrogens is 392 g/mol. The van der Waals surface area contributed by atoms with Gasteiger partial charge in [0.25, 0.3) is 5.91 Å². The Morgan fingerprint density at radius 3 is 2.54 bits per heavy atom. The zero-order chi connectivity index (χ0) is 18.4. The van der Waals surface area contributed by atoms with Gasteiger partial charge in [0.2, 0.25) is 0 Å². The molecule has 1 amide bonds. The Bertz CT molecular complexity index is 859. The Balaban J connectivity index is 1.51. The second-order valence-electron chi connectivity index (χ2n) is 5.93. The van der Waals surface area contributed by atoms with Crippen LogP contribution in [0.25, 0.3) is 5.69 Å². The Labute approximate surface area is 161 Å². The van der Waals surface area contributed by atoms with Crippen LogP contribution in [0.3, 0.4) is 0 Å². The minimum Gasteiger partial charge on any atom is -0.385 e. The van der Waals surface area contributed by atoms with Gasteiger partial charge < -0.3 is 10.6 Å².